The molecular weight excluding hydrogens is 258 g/mol. The molecule has 0 saturated heterocycles. The maximum atomic E-state index is 11.3. The summed E-state index contributed by atoms with van der Waals surface area (Å²) in [6.45, 7) is 0. The minimum absolute atomic E-state index is 0.361. The predicted octanol–water partition coefficient (Wildman–Crippen LogP) is 3.59. The highest BCUT2D eigenvalue weighted by molar-refractivity contribution is 7.99. The summed E-state index contributed by atoms with van der Waals surface area (Å²) >= 11 is 7.11. The first-order valence-corrected chi connectivity index (χ1v) is 6.79. The van der Waals surface area contributed by atoms with E-state index >= 15 is 0 Å². The van der Waals surface area contributed by atoms with E-state index in [1.807, 2.05) is 24.3 Å². The molecule has 2 N–H and O–H groups in total. The summed E-state index contributed by atoms with van der Waals surface area (Å²) < 4.78 is 0. The Labute approximate surface area is 108 Å². The van der Waals surface area contributed by atoms with Crippen molar-refractivity contribution in [1.82, 2.24) is 4.98 Å². The van der Waals surface area contributed by atoms with Gasteiger partial charge in [-0.15, -0.1) is 23.4 Å². The summed E-state index contributed by atoms with van der Waals surface area (Å²) in [5.41, 5.74) is 1.22. The average molecular weight is 270 g/mol. The number of rotatable bonds is 5. The number of aromatic carboxylic acids is 1. The normalized spacial score (nSPS) is 10.9. The molecule has 90 valence electrons. The Kier molecular flexibility index (Phi) is 3.97. The number of aromatic amines is 1. The smallest absolute Gasteiger partial charge is 0.339 e. The van der Waals surface area contributed by atoms with Crippen molar-refractivity contribution in [2.75, 3.05) is 11.6 Å². The van der Waals surface area contributed by atoms with Crippen LogP contribution in [-0.2, 0) is 0 Å². The van der Waals surface area contributed by atoms with E-state index in [0.717, 1.165) is 23.1 Å². The molecule has 0 aliphatic carbocycles. The van der Waals surface area contributed by atoms with Crippen molar-refractivity contribution in [3.05, 3.63) is 29.8 Å². The summed E-state index contributed by atoms with van der Waals surface area (Å²) in [5.74, 6) is 0.516. The van der Waals surface area contributed by atoms with Crippen LogP contribution in [0.3, 0.4) is 0 Å². The number of aromatic nitrogens is 1. The summed E-state index contributed by atoms with van der Waals surface area (Å²) in [7, 11) is 0. The van der Waals surface area contributed by atoms with E-state index in [0.29, 0.717) is 16.5 Å². The van der Waals surface area contributed by atoms with Crippen LogP contribution in [0.15, 0.2) is 29.3 Å². The zero-order chi connectivity index (χ0) is 12.3. The number of para-hydroxylation sites is 1. The van der Waals surface area contributed by atoms with Crippen LogP contribution < -0.4 is 0 Å². The molecule has 0 spiro atoms. The highest BCUT2D eigenvalue weighted by Gasteiger charge is 2.17. The van der Waals surface area contributed by atoms with E-state index in [1.165, 1.54) is 11.8 Å². The number of alkyl halides is 1. The van der Waals surface area contributed by atoms with Gasteiger partial charge in [-0.2, -0.15) is 0 Å². The first-order valence-electron chi connectivity index (χ1n) is 5.27. The van der Waals surface area contributed by atoms with Crippen molar-refractivity contribution in [1.29, 1.82) is 0 Å². The topological polar surface area (TPSA) is 53.1 Å². The molecule has 2 aromatic rings. The molecule has 0 bridgehead atoms. The molecule has 5 heteroatoms. The fourth-order valence-corrected chi connectivity index (χ4v) is 2.98. The molecule has 0 aliphatic heterocycles. The van der Waals surface area contributed by atoms with Crippen molar-refractivity contribution < 1.29 is 9.90 Å². The van der Waals surface area contributed by atoms with E-state index in [4.69, 9.17) is 11.6 Å². The van der Waals surface area contributed by atoms with Crippen molar-refractivity contribution in [3.63, 3.8) is 0 Å². The number of thioether (sulfide) groups is 1. The standard InChI is InChI=1S/C12H12ClNO2S/c13-6-3-7-17-11-10(12(15)16)8-4-1-2-5-9(8)14-11/h1-2,4-5,14H,3,6-7H2,(H,15,16). The van der Waals surface area contributed by atoms with Crippen LogP contribution in [0.2, 0.25) is 0 Å². The molecule has 0 fully saturated rings. The lowest BCUT2D eigenvalue weighted by Crippen LogP contribution is -1.97. The number of hydrogen-bond donors (Lipinski definition) is 2. The second kappa shape index (κ2) is 5.47. The van der Waals surface area contributed by atoms with Crippen LogP contribution in [-0.4, -0.2) is 27.7 Å². The van der Waals surface area contributed by atoms with E-state index in [-0.39, 0.29) is 0 Å². The highest BCUT2D eigenvalue weighted by atomic mass is 35.5. The number of benzene rings is 1. The molecule has 0 unspecified atom stereocenters. The summed E-state index contributed by atoms with van der Waals surface area (Å²) in [5, 5.41) is 10.7. The molecule has 3 nitrogen and oxygen atoms in total. The van der Waals surface area contributed by atoms with E-state index < -0.39 is 5.97 Å². The van der Waals surface area contributed by atoms with Crippen molar-refractivity contribution in [3.8, 4) is 0 Å². The second-order valence-corrected chi connectivity index (χ2v) is 5.05. The summed E-state index contributed by atoms with van der Waals surface area (Å²) in [4.78, 5) is 14.4. The molecule has 0 atom stereocenters. The van der Waals surface area contributed by atoms with E-state index in [9.17, 15) is 9.90 Å². The fraction of sp³-hybridized carbons (Fsp3) is 0.250. The third kappa shape index (κ3) is 2.58. The van der Waals surface area contributed by atoms with Gasteiger partial charge in [0.05, 0.1) is 10.6 Å². The van der Waals surface area contributed by atoms with Crippen molar-refractivity contribution in [2.45, 2.75) is 11.4 Å². The quantitative estimate of drug-likeness (QED) is 0.495. The van der Waals surface area contributed by atoms with Crippen molar-refractivity contribution >= 4 is 40.2 Å². The summed E-state index contributed by atoms with van der Waals surface area (Å²) in [6, 6.07) is 7.43. The Morgan fingerprint density at radius 3 is 2.88 bits per heavy atom. The Balaban J connectivity index is 2.39. The van der Waals surface area contributed by atoms with Crippen LogP contribution in [0.25, 0.3) is 10.9 Å². The third-order valence-corrected chi connectivity index (χ3v) is 3.76. The predicted molar refractivity (Wildman–Crippen MR) is 71.3 cm³/mol. The number of halogens is 1. The number of hydrogen-bond acceptors (Lipinski definition) is 2. The van der Waals surface area contributed by atoms with Crippen LogP contribution >= 0.6 is 23.4 Å². The number of carbonyl (C=O) groups is 1. The van der Waals surface area contributed by atoms with Gasteiger partial charge in [0.15, 0.2) is 0 Å². The van der Waals surface area contributed by atoms with Crippen LogP contribution in [0.1, 0.15) is 16.8 Å². The number of carboxylic acid groups (broad SMARTS) is 1. The first kappa shape index (κ1) is 12.3. The Morgan fingerprint density at radius 2 is 2.18 bits per heavy atom. The van der Waals surface area contributed by atoms with E-state index in [2.05, 4.69) is 4.98 Å². The second-order valence-electron chi connectivity index (χ2n) is 3.57. The Morgan fingerprint density at radius 1 is 1.41 bits per heavy atom. The van der Waals surface area contributed by atoms with Gasteiger partial charge in [-0.1, -0.05) is 18.2 Å². The Hall–Kier alpha value is -1.13. The Bertz CT molecular complexity index is 538. The molecule has 1 heterocycles. The molecule has 0 radical (unpaired) electrons. The first-order chi connectivity index (χ1) is 8.24. The van der Waals surface area contributed by atoms with Crippen molar-refractivity contribution in [2.24, 2.45) is 0 Å². The molecule has 0 saturated carbocycles. The zero-order valence-electron chi connectivity index (χ0n) is 9.07. The average Bonchev–Trinajstić information content (AvgIpc) is 2.67. The maximum Gasteiger partial charge on any atom is 0.339 e. The molecule has 0 amide bonds. The van der Waals surface area contributed by atoms with Gasteiger partial charge in [-0.25, -0.2) is 4.79 Å². The number of carboxylic acids is 1. The molecule has 1 aromatic heterocycles. The highest BCUT2D eigenvalue weighted by Crippen LogP contribution is 2.30. The van der Waals surface area contributed by atoms with Crippen LogP contribution in [0.5, 0.6) is 0 Å². The lowest BCUT2D eigenvalue weighted by molar-refractivity contribution is 0.0695. The third-order valence-electron chi connectivity index (χ3n) is 2.41. The van der Waals surface area contributed by atoms with Gasteiger partial charge < -0.3 is 10.1 Å². The lowest BCUT2D eigenvalue weighted by atomic mass is 10.2. The van der Waals surface area contributed by atoms with Gasteiger partial charge >= 0.3 is 5.97 Å². The zero-order valence-corrected chi connectivity index (χ0v) is 10.6. The molecule has 1 aromatic carbocycles. The monoisotopic (exact) mass is 269 g/mol. The largest absolute Gasteiger partial charge is 0.478 e. The van der Waals surface area contributed by atoms with E-state index in [1.54, 1.807) is 0 Å². The minimum atomic E-state index is -0.893. The fourth-order valence-electron chi connectivity index (χ4n) is 1.67. The summed E-state index contributed by atoms with van der Waals surface area (Å²) in [6.07, 6.45) is 0.862. The minimum Gasteiger partial charge on any atom is -0.478 e. The van der Waals surface area contributed by atoms with Crippen LogP contribution in [0, 0.1) is 0 Å². The van der Waals surface area contributed by atoms with Gasteiger partial charge in [0.2, 0.25) is 0 Å². The van der Waals surface area contributed by atoms with Gasteiger partial charge in [-0.05, 0) is 12.5 Å². The van der Waals surface area contributed by atoms with Gasteiger partial charge in [0.1, 0.15) is 0 Å². The number of nitrogens with one attached hydrogen (secondary N) is 1. The molecule has 17 heavy (non-hydrogen) atoms. The molecule has 2 rings (SSSR count). The van der Waals surface area contributed by atoms with Gasteiger partial charge in [0, 0.05) is 22.5 Å². The number of fused-ring (bicyclic) bond motifs is 1. The lowest BCUT2D eigenvalue weighted by Gasteiger charge is -1.99. The molecule has 0 aliphatic rings. The number of H-pyrrole nitrogens is 1. The van der Waals surface area contributed by atoms with Crippen LogP contribution in [0.4, 0.5) is 0 Å². The van der Waals surface area contributed by atoms with Gasteiger partial charge in [0.25, 0.3) is 0 Å². The molecular formula is C12H12ClNO2S. The maximum absolute atomic E-state index is 11.3. The van der Waals surface area contributed by atoms with Gasteiger partial charge in [-0.3, -0.25) is 0 Å². The SMILES string of the molecule is O=C(O)c1c(SCCCCl)[nH]c2ccccc12.